The van der Waals surface area contributed by atoms with Crippen molar-refractivity contribution in [2.75, 3.05) is 0 Å². The molecule has 1 amide bonds. The first-order valence-electron chi connectivity index (χ1n) is 11.1. The predicted octanol–water partition coefficient (Wildman–Crippen LogP) is 7.13. The van der Waals surface area contributed by atoms with Gasteiger partial charge in [-0.25, -0.2) is 9.07 Å². The van der Waals surface area contributed by atoms with E-state index in [1.165, 1.54) is 12.1 Å². The number of rotatable bonds is 6. The van der Waals surface area contributed by atoms with Gasteiger partial charge in [0.1, 0.15) is 17.7 Å². The summed E-state index contributed by atoms with van der Waals surface area (Å²) in [5.74, 6) is 0.290. The molecule has 0 spiro atoms. The van der Waals surface area contributed by atoms with Crippen LogP contribution in [0.15, 0.2) is 72.9 Å². The first kappa shape index (κ1) is 26.2. The molecule has 0 aliphatic rings. The van der Waals surface area contributed by atoms with Gasteiger partial charge < -0.3 is 10.1 Å². The number of carbonyl (C=O) groups is 1. The van der Waals surface area contributed by atoms with Gasteiger partial charge in [-0.15, -0.1) is 0 Å². The fourth-order valence-corrected chi connectivity index (χ4v) is 3.76. The second-order valence-electron chi connectivity index (χ2n) is 9.36. The number of ether oxygens (including phenoxy) is 1. The SMILES string of the molecule is C.C[C@H](NC(=O)C(C)(C)C)[C@H](Oc1ccc2c(cnn2-c2ccc(F)cc2)c1)c1ccc(Cl)cc1. The third-order valence-electron chi connectivity index (χ3n) is 5.57. The summed E-state index contributed by atoms with van der Waals surface area (Å²) in [7, 11) is 0. The van der Waals surface area contributed by atoms with Crippen molar-refractivity contribution in [1.82, 2.24) is 15.1 Å². The molecule has 0 aliphatic heterocycles. The Bertz CT molecular complexity index is 1290. The molecule has 35 heavy (non-hydrogen) atoms. The molecule has 0 unspecified atom stereocenters. The predicted molar refractivity (Wildman–Crippen MR) is 140 cm³/mol. The van der Waals surface area contributed by atoms with Crippen molar-refractivity contribution in [3.63, 3.8) is 0 Å². The summed E-state index contributed by atoms with van der Waals surface area (Å²) in [6.07, 6.45) is 1.31. The molecule has 1 N–H and O–H groups in total. The van der Waals surface area contributed by atoms with Crippen LogP contribution in [0.25, 0.3) is 16.6 Å². The number of aromatic nitrogens is 2. The maximum atomic E-state index is 13.3. The zero-order chi connectivity index (χ0) is 24.5. The van der Waals surface area contributed by atoms with E-state index in [9.17, 15) is 9.18 Å². The zero-order valence-electron chi connectivity index (χ0n) is 19.5. The van der Waals surface area contributed by atoms with E-state index in [1.54, 1.807) is 23.0 Å². The molecule has 5 nitrogen and oxygen atoms in total. The first-order chi connectivity index (χ1) is 16.1. The number of benzene rings is 3. The Morgan fingerprint density at radius 1 is 1.06 bits per heavy atom. The molecule has 0 bridgehead atoms. The molecular weight excluding hydrogens is 465 g/mol. The van der Waals surface area contributed by atoms with Crippen LogP contribution in [0, 0.1) is 11.2 Å². The Morgan fingerprint density at radius 2 is 1.71 bits per heavy atom. The van der Waals surface area contributed by atoms with Gasteiger partial charge in [0, 0.05) is 15.8 Å². The molecule has 0 radical (unpaired) electrons. The topological polar surface area (TPSA) is 56.1 Å². The standard InChI is InChI=1S/C27H27ClFN3O2.CH4/c1-17(31-26(33)27(2,3)4)25(18-5-7-20(28)8-6-18)34-23-13-14-24-19(15-23)16-30-32(24)22-11-9-21(29)10-12-22;/h5-17,25H,1-4H3,(H,31,33);1H4/t17-,25-;/m0./s1. The van der Waals surface area contributed by atoms with E-state index in [4.69, 9.17) is 16.3 Å². The summed E-state index contributed by atoms with van der Waals surface area (Å²) >= 11 is 6.09. The Hall–Kier alpha value is -3.38. The van der Waals surface area contributed by atoms with Crippen molar-refractivity contribution < 1.29 is 13.9 Å². The molecule has 0 aliphatic carbocycles. The highest BCUT2D eigenvalue weighted by Gasteiger charge is 2.28. The van der Waals surface area contributed by atoms with Crippen molar-refractivity contribution in [2.45, 2.75) is 47.3 Å². The van der Waals surface area contributed by atoms with Crippen LogP contribution in [0.1, 0.15) is 46.8 Å². The second kappa shape index (κ2) is 10.5. The maximum absolute atomic E-state index is 13.3. The average molecular weight is 496 g/mol. The van der Waals surface area contributed by atoms with Gasteiger partial charge in [0.05, 0.1) is 23.4 Å². The first-order valence-corrected chi connectivity index (χ1v) is 11.5. The Kier molecular flexibility index (Phi) is 7.86. The van der Waals surface area contributed by atoms with Crippen LogP contribution in [0.2, 0.25) is 5.02 Å². The molecule has 0 saturated heterocycles. The van der Waals surface area contributed by atoms with Gasteiger partial charge in [0.15, 0.2) is 0 Å². The fraction of sp³-hybridized carbons (Fsp3) is 0.286. The van der Waals surface area contributed by atoms with Gasteiger partial charge in [-0.1, -0.05) is 51.9 Å². The van der Waals surface area contributed by atoms with Crippen LogP contribution >= 0.6 is 11.6 Å². The van der Waals surface area contributed by atoms with Crippen molar-refractivity contribution >= 4 is 28.4 Å². The lowest BCUT2D eigenvalue weighted by Crippen LogP contribution is -2.44. The lowest BCUT2D eigenvalue weighted by Gasteiger charge is -2.29. The highest BCUT2D eigenvalue weighted by molar-refractivity contribution is 6.30. The summed E-state index contributed by atoms with van der Waals surface area (Å²) in [6.45, 7) is 7.55. The third-order valence-corrected chi connectivity index (χ3v) is 5.82. The van der Waals surface area contributed by atoms with Crippen molar-refractivity contribution in [3.8, 4) is 11.4 Å². The van der Waals surface area contributed by atoms with E-state index in [1.807, 2.05) is 70.2 Å². The smallest absolute Gasteiger partial charge is 0.225 e. The Morgan fingerprint density at radius 3 is 2.34 bits per heavy atom. The molecule has 0 fully saturated rings. The molecule has 0 saturated carbocycles. The van der Waals surface area contributed by atoms with E-state index in [0.29, 0.717) is 10.8 Å². The maximum Gasteiger partial charge on any atom is 0.225 e. The van der Waals surface area contributed by atoms with Gasteiger partial charge >= 0.3 is 0 Å². The van der Waals surface area contributed by atoms with Crippen LogP contribution in [0.3, 0.4) is 0 Å². The van der Waals surface area contributed by atoms with E-state index < -0.39 is 11.5 Å². The third kappa shape index (κ3) is 6.01. The summed E-state index contributed by atoms with van der Waals surface area (Å²) < 4.78 is 21.5. The van der Waals surface area contributed by atoms with E-state index in [0.717, 1.165) is 22.2 Å². The molecule has 3 aromatic carbocycles. The van der Waals surface area contributed by atoms with Gasteiger partial charge in [-0.3, -0.25) is 4.79 Å². The van der Waals surface area contributed by atoms with Crippen molar-refractivity contribution in [3.05, 3.63) is 89.3 Å². The molecule has 2 atom stereocenters. The molecule has 4 rings (SSSR count). The molecule has 1 heterocycles. The second-order valence-corrected chi connectivity index (χ2v) is 9.79. The van der Waals surface area contributed by atoms with E-state index in [2.05, 4.69) is 10.4 Å². The van der Waals surface area contributed by atoms with Gasteiger partial charge in [-0.05, 0) is 67.1 Å². The highest BCUT2D eigenvalue weighted by atomic mass is 35.5. The number of amides is 1. The van der Waals surface area contributed by atoms with Crippen LogP contribution in [0.5, 0.6) is 5.75 Å². The van der Waals surface area contributed by atoms with E-state index >= 15 is 0 Å². The normalized spacial score (nSPS) is 13.1. The molecule has 184 valence electrons. The highest BCUT2D eigenvalue weighted by Crippen LogP contribution is 2.30. The fourth-order valence-electron chi connectivity index (χ4n) is 3.63. The molecule has 7 heteroatoms. The summed E-state index contributed by atoms with van der Waals surface area (Å²) in [6, 6.07) is 19.0. The average Bonchev–Trinajstić information content (AvgIpc) is 3.21. The lowest BCUT2D eigenvalue weighted by atomic mass is 9.94. The number of fused-ring (bicyclic) bond motifs is 1. The summed E-state index contributed by atoms with van der Waals surface area (Å²) in [4.78, 5) is 12.6. The number of hydrogen-bond acceptors (Lipinski definition) is 3. The number of nitrogens with zero attached hydrogens (tertiary/aromatic N) is 2. The van der Waals surface area contributed by atoms with Crippen LogP contribution in [0.4, 0.5) is 4.39 Å². The minimum atomic E-state index is -0.521. The number of carbonyl (C=O) groups excluding carboxylic acids is 1. The minimum Gasteiger partial charge on any atom is -0.484 e. The van der Waals surface area contributed by atoms with Crippen LogP contribution in [-0.4, -0.2) is 21.7 Å². The summed E-state index contributed by atoms with van der Waals surface area (Å²) in [5.41, 5.74) is 2.01. The Labute approximate surface area is 210 Å². The minimum absolute atomic E-state index is 0. The number of halogens is 2. The quantitative estimate of drug-likeness (QED) is 0.309. The monoisotopic (exact) mass is 495 g/mol. The number of hydrogen-bond donors (Lipinski definition) is 1. The molecule has 1 aromatic heterocycles. The van der Waals surface area contributed by atoms with Gasteiger partial charge in [0.25, 0.3) is 0 Å². The van der Waals surface area contributed by atoms with Crippen molar-refractivity contribution in [2.24, 2.45) is 5.41 Å². The van der Waals surface area contributed by atoms with Gasteiger partial charge in [-0.2, -0.15) is 5.10 Å². The van der Waals surface area contributed by atoms with Crippen molar-refractivity contribution in [1.29, 1.82) is 0 Å². The lowest BCUT2D eigenvalue weighted by molar-refractivity contribution is -0.129. The van der Waals surface area contributed by atoms with Crippen LogP contribution < -0.4 is 10.1 Å². The molecule has 4 aromatic rings. The zero-order valence-corrected chi connectivity index (χ0v) is 20.3. The van der Waals surface area contributed by atoms with Crippen LogP contribution in [-0.2, 0) is 4.79 Å². The largest absolute Gasteiger partial charge is 0.484 e. The Balaban J connectivity index is 0.00000342. The van der Waals surface area contributed by atoms with E-state index in [-0.39, 0.29) is 25.2 Å². The van der Waals surface area contributed by atoms with Gasteiger partial charge in [0.2, 0.25) is 5.91 Å². The number of nitrogens with one attached hydrogen (secondary N) is 1. The summed E-state index contributed by atoms with van der Waals surface area (Å²) in [5, 5.41) is 9.03. The molecular formula is C28H31ClFN3O2.